The molecule has 0 spiro atoms. The molecule has 6 heteroatoms. The van der Waals surface area contributed by atoms with Crippen molar-refractivity contribution in [3.8, 4) is 0 Å². The number of nitrogens with one attached hydrogen (secondary N) is 1. The Balaban J connectivity index is 1.48. The summed E-state index contributed by atoms with van der Waals surface area (Å²) in [7, 11) is -1.22. The Morgan fingerprint density at radius 2 is 1.76 bits per heavy atom. The van der Waals surface area contributed by atoms with Crippen molar-refractivity contribution in [2.24, 2.45) is 0 Å². The van der Waals surface area contributed by atoms with E-state index in [0.717, 1.165) is 35.9 Å². The van der Waals surface area contributed by atoms with Crippen molar-refractivity contribution in [1.29, 1.82) is 0 Å². The maximum atomic E-state index is 13.5. The van der Waals surface area contributed by atoms with E-state index >= 15 is 0 Å². The number of para-hydroxylation sites is 1. The van der Waals surface area contributed by atoms with Crippen molar-refractivity contribution in [1.82, 2.24) is 14.3 Å². The Bertz CT molecular complexity index is 1150. The quantitative estimate of drug-likeness (QED) is 0.559. The molecule has 1 aliphatic rings. The summed E-state index contributed by atoms with van der Waals surface area (Å²) in [6.45, 7) is 2.89. The highest BCUT2D eigenvalue weighted by Gasteiger charge is 2.26. The topological polar surface area (TPSA) is 52.2 Å². The first kappa shape index (κ1) is 18.1. The molecule has 0 aliphatic carbocycles. The van der Waals surface area contributed by atoms with Crippen LogP contribution in [0.4, 0.5) is 5.69 Å². The van der Waals surface area contributed by atoms with Gasteiger partial charge in [-0.3, -0.25) is 0 Å². The molecular weight excluding hydrogens is 380 g/mol. The van der Waals surface area contributed by atoms with Gasteiger partial charge in [-0.25, -0.2) is 13.5 Å². The van der Waals surface area contributed by atoms with Crippen LogP contribution in [0.3, 0.4) is 0 Å². The molecule has 1 aliphatic heterocycles. The molecule has 2 heterocycles. The highest BCUT2D eigenvalue weighted by atomic mass is 32.2. The van der Waals surface area contributed by atoms with Gasteiger partial charge in [0.25, 0.3) is 0 Å². The second-order valence-electron chi connectivity index (χ2n) is 7.22. The van der Waals surface area contributed by atoms with Gasteiger partial charge in [-0.1, -0.05) is 54.6 Å². The van der Waals surface area contributed by atoms with Gasteiger partial charge in [0.1, 0.15) is 11.0 Å². The van der Waals surface area contributed by atoms with Gasteiger partial charge in [0.2, 0.25) is 0 Å². The first-order valence-corrected chi connectivity index (χ1v) is 10.8. The molecule has 29 heavy (non-hydrogen) atoms. The first-order valence-electron chi connectivity index (χ1n) is 9.74. The average molecular weight is 403 g/mol. The molecule has 146 valence electrons. The molecule has 5 rings (SSSR count). The number of rotatable bonds is 4. The molecule has 0 bridgehead atoms. The zero-order valence-corrected chi connectivity index (χ0v) is 16.8. The van der Waals surface area contributed by atoms with Gasteiger partial charge in [0.15, 0.2) is 0 Å². The third-order valence-electron chi connectivity index (χ3n) is 5.39. The predicted molar refractivity (Wildman–Crippen MR) is 117 cm³/mol. The van der Waals surface area contributed by atoms with E-state index < -0.39 is 11.0 Å². The summed E-state index contributed by atoms with van der Waals surface area (Å²) in [5, 5.41) is 2.44. The van der Waals surface area contributed by atoms with E-state index in [1.807, 2.05) is 24.4 Å². The van der Waals surface area contributed by atoms with Crippen LogP contribution in [0.2, 0.25) is 0 Å². The lowest BCUT2D eigenvalue weighted by Gasteiger charge is -2.23. The van der Waals surface area contributed by atoms with Gasteiger partial charge in [-0.15, -0.1) is 0 Å². The third-order valence-corrected chi connectivity index (χ3v) is 6.89. The van der Waals surface area contributed by atoms with E-state index in [2.05, 4.69) is 67.7 Å². The van der Waals surface area contributed by atoms with Crippen LogP contribution in [0.5, 0.6) is 0 Å². The number of fused-ring (bicyclic) bond motifs is 2. The van der Waals surface area contributed by atoms with Crippen molar-refractivity contribution in [3.63, 3.8) is 0 Å². The third kappa shape index (κ3) is 3.57. The maximum Gasteiger partial charge on any atom is 0.130 e. The molecule has 0 saturated heterocycles. The molecule has 0 amide bonds. The van der Waals surface area contributed by atoms with Crippen molar-refractivity contribution in [3.05, 3.63) is 90.5 Å². The number of hydrogen-bond acceptors (Lipinski definition) is 3. The molecule has 1 atom stereocenters. The Labute approximate surface area is 172 Å². The minimum atomic E-state index is -1.22. The minimum Gasteiger partial charge on any atom is -0.363 e. The zero-order chi connectivity index (χ0) is 19.6. The van der Waals surface area contributed by atoms with Crippen molar-refractivity contribution >= 4 is 27.4 Å². The van der Waals surface area contributed by atoms with Gasteiger partial charge in [0.05, 0.1) is 29.1 Å². The van der Waals surface area contributed by atoms with E-state index in [1.165, 1.54) is 16.3 Å². The summed E-state index contributed by atoms with van der Waals surface area (Å²) in [6, 6.07) is 22.7. The Morgan fingerprint density at radius 1 is 0.931 bits per heavy atom. The molecule has 0 saturated carbocycles. The minimum absolute atomic E-state index is 0.653. The number of aromatic nitrogens is 2. The molecule has 1 unspecified atom stereocenters. The van der Waals surface area contributed by atoms with Gasteiger partial charge in [0, 0.05) is 25.8 Å². The zero-order valence-electron chi connectivity index (χ0n) is 16.0. The molecule has 0 radical (unpaired) electrons. The monoisotopic (exact) mass is 402 g/mol. The smallest absolute Gasteiger partial charge is 0.130 e. The Morgan fingerprint density at radius 3 is 2.66 bits per heavy atom. The highest BCUT2D eigenvalue weighted by Crippen LogP contribution is 2.31. The lowest BCUT2D eigenvalue weighted by Crippen LogP contribution is -2.32. The summed E-state index contributed by atoms with van der Waals surface area (Å²) in [5.74, 6) is 0. The van der Waals surface area contributed by atoms with Crippen molar-refractivity contribution < 1.29 is 4.21 Å². The van der Waals surface area contributed by atoms with E-state index in [9.17, 15) is 4.21 Å². The van der Waals surface area contributed by atoms with Crippen LogP contribution in [0.1, 0.15) is 11.3 Å². The van der Waals surface area contributed by atoms with Crippen LogP contribution in [0.25, 0.3) is 10.8 Å². The van der Waals surface area contributed by atoms with Crippen molar-refractivity contribution in [2.45, 2.75) is 18.0 Å². The van der Waals surface area contributed by atoms with Gasteiger partial charge >= 0.3 is 0 Å². The van der Waals surface area contributed by atoms with E-state index in [4.69, 9.17) is 0 Å². The van der Waals surface area contributed by atoms with E-state index in [-0.39, 0.29) is 0 Å². The first-order chi connectivity index (χ1) is 14.3. The van der Waals surface area contributed by atoms with Crippen LogP contribution in [-0.2, 0) is 24.1 Å². The summed E-state index contributed by atoms with van der Waals surface area (Å²) in [4.78, 5) is 10.5. The van der Waals surface area contributed by atoms with Crippen molar-refractivity contribution in [2.75, 3.05) is 18.0 Å². The molecular formula is C23H22N4OS. The fraction of sp³-hybridized carbons (Fsp3) is 0.174. The van der Waals surface area contributed by atoms with E-state index in [0.29, 0.717) is 6.54 Å². The number of nitrogens with zero attached hydrogens (tertiary/aromatic N) is 3. The molecule has 5 nitrogen and oxygen atoms in total. The normalized spacial score (nSPS) is 17.2. The van der Waals surface area contributed by atoms with Gasteiger partial charge < -0.3 is 9.88 Å². The standard InChI is InChI=1S/C23H22N4OS/c28-29-23-11-4-3-10-22(23)26(16-20-14-24-17-25-20)12-13-27(29)15-19-8-5-7-18-6-1-2-9-21(18)19/h1-11,14,17H,12-13,15-16H2,(H,24,25). The number of imidazole rings is 1. The number of anilines is 1. The van der Waals surface area contributed by atoms with Crippen LogP contribution in [-0.4, -0.2) is 31.6 Å². The number of hydrogen-bond donors (Lipinski definition) is 1. The SMILES string of the molecule is O=S1c2ccccc2N(Cc2cnc[nH]2)CCN1Cc1cccc2ccccc12. The second-order valence-corrected chi connectivity index (χ2v) is 8.67. The molecule has 1 N–H and O–H groups in total. The fourth-order valence-electron chi connectivity index (χ4n) is 3.94. The number of H-pyrrole nitrogens is 1. The average Bonchev–Trinajstić information content (AvgIpc) is 3.24. The number of benzene rings is 3. The van der Waals surface area contributed by atoms with Crippen LogP contribution in [0.15, 0.2) is 84.1 Å². The fourth-order valence-corrected chi connectivity index (χ4v) is 5.29. The largest absolute Gasteiger partial charge is 0.363 e. The predicted octanol–water partition coefficient (Wildman–Crippen LogP) is 4.11. The summed E-state index contributed by atoms with van der Waals surface area (Å²) >= 11 is 0. The van der Waals surface area contributed by atoms with Gasteiger partial charge in [-0.05, 0) is 28.5 Å². The molecule has 0 fully saturated rings. The molecule has 4 aromatic rings. The Kier molecular flexibility index (Phi) is 4.87. The highest BCUT2D eigenvalue weighted by molar-refractivity contribution is 7.82. The molecule has 1 aromatic heterocycles. The lowest BCUT2D eigenvalue weighted by molar-refractivity contribution is 0.449. The van der Waals surface area contributed by atoms with Gasteiger partial charge in [-0.2, -0.15) is 0 Å². The number of aromatic amines is 1. The van der Waals surface area contributed by atoms with Crippen LogP contribution < -0.4 is 4.90 Å². The summed E-state index contributed by atoms with van der Waals surface area (Å²) in [6.07, 6.45) is 3.54. The summed E-state index contributed by atoms with van der Waals surface area (Å²) < 4.78 is 15.6. The van der Waals surface area contributed by atoms with Crippen LogP contribution >= 0.6 is 0 Å². The lowest BCUT2D eigenvalue weighted by atomic mass is 10.0. The summed E-state index contributed by atoms with van der Waals surface area (Å²) in [5.41, 5.74) is 3.28. The van der Waals surface area contributed by atoms with E-state index in [1.54, 1.807) is 6.33 Å². The molecule has 3 aromatic carbocycles. The maximum absolute atomic E-state index is 13.5. The second kappa shape index (κ2) is 7.81. The Hall–Kier alpha value is -2.96. The van der Waals surface area contributed by atoms with Crippen LogP contribution in [0, 0.1) is 0 Å².